The van der Waals surface area contributed by atoms with Gasteiger partial charge >= 0.3 is 0 Å². The van der Waals surface area contributed by atoms with E-state index in [0.717, 1.165) is 5.56 Å². The predicted octanol–water partition coefficient (Wildman–Crippen LogP) is 4.43. The standard InChI is InChI=1S/C20H27ClN4O3/c1-6-27-17-8-14(7-15(21)19(17)28-11-12(2)3)10-22-25-20-23-16(13(4)5)9-18(26)24-20/h7-10,12-13H,6,11H2,1-5H3,(H2,23,24,25,26)/b22-10-. The average molecular weight is 407 g/mol. The first-order valence-corrected chi connectivity index (χ1v) is 9.67. The lowest BCUT2D eigenvalue weighted by atomic mass is 10.1. The van der Waals surface area contributed by atoms with Gasteiger partial charge in [-0.05, 0) is 36.5 Å². The number of halogens is 1. The molecule has 1 heterocycles. The molecule has 8 heteroatoms. The molecular formula is C20H27ClN4O3. The second-order valence-electron chi connectivity index (χ2n) is 7.01. The molecule has 1 aromatic heterocycles. The molecule has 0 fully saturated rings. The molecule has 0 saturated heterocycles. The van der Waals surface area contributed by atoms with Crippen LogP contribution in [0.2, 0.25) is 5.02 Å². The maximum atomic E-state index is 11.7. The summed E-state index contributed by atoms with van der Waals surface area (Å²) in [6.07, 6.45) is 1.57. The van der Waals surface area contributed by atoms with Gasteiger partial charge in [0.2, 0.25) is 5.95 Å². The number of ether oxygens (including phenoxy) is 2. The highest BCUT2D eigenvalue weighted by Gasteiger charge is 2.13. The van der Waals surface area contributed by atoms with Gasteiger partial charge in [-0.3, -0.25) is 9.78 Å². The van der Waals surface area contributed by atoms with Crippen molar-refractivity contribution in [1.29, 1.82) is 0 Å². The largest absolute Gasteiger partial charge is 0.490 e. The van der Waals surface area contributed by atoms with Crippen LogP contribution in [0.5, 0.6) is 11.5 Å². The average Bonchev–Trinajstić information content (AvgIpc) is 2.60. The number of aromatic amines is 1. The zero-order valence-corrected chi connectivity index (χ0v) is 17.6. The quantitative estimate of drug-likeness (QED) is 0.475. The van der Waals surface area contributed by atoms with Crippen LogP contribution in [0.1, 0.15) is 51.8 Å². The van der Waals surface area contributed by atoms with Crippen molar-refractivity contribution < 1.29 is 9.47 Å². The first-order valence-electron chi connectivity index (χ1n) is 9.29. The normalized spacial score (nSPS) is 11.4. The van der Waals surface area contributed by atoms with Crippen LogP contribution in [-0.4, -0.2) is 29.4 Å². The fourth-order valence-corrected chi connectivity index (χ4v) is 2.58. The maximum Gasteiger partial charge on any atom is 0.252 e. The zero-order chi connectivity index (χ0) is 20.7. The van der Waals surface area contributed by atoms with Gasteiger partial charge in [0, 0.05) is 6.07 Å². The van der Waals surface area contributed by atoms with Crippen LogP contribution in [0.25, 0.3) is 0 Å². The third-order valence-corrected chi connectivity index (χ3v) is 3.91. The maximum absolute atomic E-state index is 11.7. The Labute approximate surface area is 170 Å². The lowest BCUT2D eigenvalue weighted by molar-refractivity contribution is 0.248. The van der Waals surface area contributed by atoms with Gasteiger partial charge in [-0.1, -0.05) is 39.3 Å². The van der Waals surface area contributed by atoms with Crippen molar-refractivity contribution in [2.24, 2.45) is 11.0 Å². The van der Waals surface area contributed by atoms with E-state index in [0.29, 0.717) is 41.3 Å². The van der Waals surface area contributed by atoms with E-state index < -0.39 is 0 Å². The molecule has 1 aromatic carbocycles. The van der Waals surface area contributed by atoms with E-state index in [1.807, 2.05) is 20.8 Å². The van der Waals surface area contributed by atoms with Crippen molar-refractivity contribution in [3.05, 3.63) is 44.8 Å². The summed E-state index contributed by atoms with van der Waals surface area (Å²) in [5, 5.41) is 4.58. The van der Waals surface area contributed by atoms with Gasteiger partial charge in [-0.25, -0.2) is 10.4 Å². The predicted molar refractivity (Wildman–Crippen MR) is 113 cm³/mol. The van der Waals surface area contributed by atoms with Crippen LogP contribution >= 0.6 is 11.6 Å². The van der Waals surface area contributed by atoms with Crippen molar-refractivity contribution in [1.82, 2.24) is 9.97 Å². The number of nitrogens with zero attached hydrogens (tertiary/aromatic N) is 2. The Morgan fingerprint density at radius 1 is 1.25 bits per heavy atom. The number of aromatic nitrogens is 2. The highest BCUT2D eigenvalue weighted by molar-refractivity contribution is 6.32. The van der Waals surface area contributed by atoms with Crippen LogP contribution in [0.15, 0.2) is 28.1 Å². The van der Waals surface area contributed by atoms with Gasteiger partial charge < -0.3 is 9.47 Å². The van der Waals surface area contributed by atoms with E-state index in [4.69, 9.17) is 21.1 Å². The minimum Gasteiger partial charge on any atom is -0.490 e. The number of benzene rings is 1. The van der Waals surface area contributed by atoms with Gasteiger partial charge in [-0.15, -0.1) is 0 Å². The Bertz CT molecular complexity index is 878. The fourth-order valence-electron chi connectivity index (χ4n) is 2.31. The number of hydrogen-bond donors (Lipinski definition) is 2. The molecule has 2 N–H and O–H groups in total. The summed E-state index contributed by atoms with van der Waals surface area (Å²) in [4.78, 5) is 18.7. The second kappa shape index (κ2) is 10.1. The number of nitrogens with one attached hydrogen (secondary N) is 2. The van der Waals surface area contributed by atoms with E-state index in [1.54, 1.807) is 18.3 Å². The molecule has 0 aliphatic heterocycles. The summed E-state index contributed by atoms with van der Waals surface area (Å²) >= 11 is 6.38. The Kier molecular flexibility index (Phi) is 7.87. The van der Waals surface area contributed by atoms with Gasteiger partial charge in [-0.2, -0.15) is 5.10 Å². The second-order valence-corrected chi connectivity index (χ2v) is 7.42. The molecule has 0 spiro atoms. The molecule has 0 radical (unpaired) electrons. The van der Waals surface area contributed by atoms with E-state index >= 15 is 0 Å². The molecule has 0 saturated carbocycles. The van der Waals surface area contributed by atoms with Crippen LogP contribution in [0.3, 0.4) is 0 Å². The molecule has 28 heavy (non-hydrogen) atoms. The van der Waals surface area contributed by atoms with Crippen molar-refractivity contribution in [2.75, 3.05) is 18.6 Å². The number of anilines is 1. The zero-order valence-electron chi connectivity index (χ0n) is 16.9. The SMILES string of the molecule is CCOc1cc(/C=N\Nc2nc(C(C)C)cc(=O)[nH]2)cc(Cl)c1OCC(C)C. The van der Waals surface area contributed by atoms with Crippen LogP contribution in [0, 0.1) is 5.92 Å². The fraction of sp³-hybridized carbons (Fsp3) is 0.450. The molecule has 152 valence electrons. The number of hydrazone groups is 1. The lowest BCUT2D eigenvalue weighted by Gasteiger charge is -2.15. The van der Waals surface area contributed by atoms with Gasteiger partial charge in [0.1, 0.15) is 0 Å². The van der Waals surface area contributed by atoms with Crippen LogP contribution < -0.4 is 20.5 Å². The van der Waals surface area contributed by atoms with E-state index in [1.165, 1.54) is 6.07 Å². The summed E-state index contributed by atoms with van der Waals surface area (Å²) in [7, 11) is 0. The third kappa shape index (κ3) is 6.27. The topological polar surface area (TPSA) is 88.6 Å². The highest BCUT2D eigenvalue weighted by atomic mass is 35.5. The summed E-state index contributed by atoms with van der Waals surface area (Å²) in [5.74, 6) is 1.87. The van der Waals surface area contributed by atoms with Gasteiger partial charge in [0.25, 0.3) is 5.56 Å². The molecule has 0 aliphatic rings. The van der Waals surface area contributed by atoms with E-state index in [9.17, 15) is 4.79 Å². The minimum atomic E-state index is -0.232. The molecular weight excluding hydrogens is 380 g/mol. The van der Waals surface area contributed by atoms with Gasteiger partial charge in [0.05, 0.1) is 30.1 Å². The van der Waals surface area contributed by atoms with Crippen LogP contribution in [0.4, 0.5) is 5.95 Å². The Morgan fingerprint density at radius 3 is 2.64 bits per heavy atom. The number of rotatable bonds is 9. The van der Waals surface area contributed by atoms with Crippen molar-refractivity contribution in [3.63, 3.8) is 0 Å². The Morgan fingerprint density at radius 2 is 2.00 bits per heavy atom. The molecule has 0 bridgehead atoms. The molecule has 2 rings (SSSR count). The Hall–Kier alpha value is -2.54. The van der Waals surface area contributed by atoms with E-state index in [2.05, 4.69) is 34.3 Å². The van der Waals surface area contributed by atoms with E-state index in [-0.39, 0.29) is 17.4 Å². The van der Waals surface area contributed by atoms with Crippen LogP contribution in [-0.2, 0) is 0 Å². The molecule has 0 atom stereocenters. The summed E-state index contributed by atoms with van der Waals surface area (Å²) in [5.41, 5.74) is 3.92. The molecule has 2 aromatic rings. The summed E-state index contributed by atoms with van der Waals surface area (Å²) in [6, 6.07) is 5.02. The van der Waals surface area contributed by atoms with Crippen molar-refractivity contribution >= 4 is 23.8 Å². The monoisotopic (exact) mass is 406 g/mol. The summed E-state index contributed by atoms with van der Waals surface area (Å²) < 4.78 is 11.5. The first kappa shape index (κ1) is 21.8. The third-order valence-electron chi connectivity index (χ3n) is 3.63. The molecule has 0 aliphatic carbocycles. The number of hydrogen-bond acceptors (Lipinski definition) is 6. The highest BCUT2D eigenvalue weighted by Crippen LogP contribution is 2.36. The molecule has 0 unspecified atom stereocenters. The first-order chi connectivity index (χ1) is 13.3. The van der Waals surface area contributed by atoms with Crippen molar-refractivity contribution in [2.45, 2.75) is 40.5 Å². The smallest absolute Gasteiger partial charge is 0.252 e. The van der Waals surface area contributed by atoms with Crippen molar-refractivity contribution in [3.8, 4) is 11.5 Å². The summed E-state index contributed by atoms with van der Waals surface area (Å²) in [6.45, 7) is 11.0. The molecule has 0 amide bonds. The Balaban J connectivity index is 2.20. The minimum absolute atomic E-state index is 0.137. The number of H-pyrrole nitrogens is 1. The van der Waals surface area contributed by atoms with Gasteiger partial charge in [0.15, 0.2) is 11.5 Å². The molecule has 7 nitrogen and oxygen atoms in total. The lowest BCUT2D eigenvalue weighted by Crippen LogP contribution is -2.12.